The molecular weight excluding hydrogens is 293 g/mol. The lowest BCUT2D eigenvalue weighted by atomic mass is 10.1. The molecule has 0 bridgehead atoms. The predicted molar refractivity (Wildman–Crippen MR) is 56.2 cm³/mol. The summed E-state index contributed by atoms with van der Waals surface area (Å²) in [6.07, 6.45) is 0. The molecule has 0 aliphatic rings. The van der Waals surface area contributed by atoms with Crippen molar-refractivity contribution in [3.8, 4) is 5.75 Å². The first-order valence-electron chi connectivity index (χ1n) is 3.81. The second-order valence-electron chi connectivity index (χ2n) is 2.67. The smallest absolute Gasteiger partial charge is 0.363 e. The van der Waals surface area contributed by atoms with Crippen molar-refractivity contribution in [1.82, 2.24) is 0 Å². The van der Waals surface area contributed by atoms with Crippen LogP contribution in [-0.2, 0) is 0 Å². The predicted octanol–water partition coefficient (Wildman–Crippen LogP) is 3.52. The van der Waals surface area contributed by atoms with Crippen molar-refractivity contribution in [3.05, 3.63) is 28.8 Å². The van der Waals surface area contributed by atoms with Crippen molar-refractivity contribution >= 4 is 33.3 Å². The molecule has 0 aliphatic heterocycles. The van der Waals surface area contributed by atoms with E-state index in [-0.39, 0.29) is 10.6 Å². The molecule has 15 heavy (non-hydrogen) atoms. The molecule has 0 heterocycles. The lowest BCUT2D eigenvalue weighted by molar-refractivity contribution is 0.0592. The number of Topliss-reactive ketones (excluding diaryl/α,β-unsaturated/α-hetero) is 1. The number of benzene rings is 1. The Hall–Kier alpha value is -0.680. The topological polar surface area (TPSA) is 26.3 Å². The summed E-state index contributed by atoms with van der Waals surface area (Å²) in [5.41, 5.74) is -0.251. The molecule has 1 aromatic rings. The van der Waals surface area contributed by atoms with Gasteiger partial charge in [0.1, 0.15) is 5.75 Å². The van der Waals surface area contributed by atoms with Gasteiger partial charge in [-0.15, -0.1) is 0 Å². The Morgan fingerprint density at radius 1 is 1.53 bits per heavy atom. The Morgan fingerprint density at radius 2 is 2.13 bits per heavy atom. The molecule has 0 amide bonds. The summed E-state index contributed by atoms with van der Waals surface area (Å²) in [5, 5.41) is -0.0709. The van der Waals surface area contributed by atoms with Gasteiger partial charge in [0.05, 0.1) is 12.1 Å². The van der Waals surface area contributed by atoms with E-state index in [9.17, 15) is 13.6 Å². The highest BCUT2D eigenvalue weighted by molar-refractivity contribution is 9.10. The summed E-state index contributed by atoms with van der Waals surface area (Å²) in [6, 6.07) is 3.88. The fourth-order valence-electron chi connectivity index (χ4n) is 0.960. The molecule has 1 rings (SSSR count). The van der Waals surface area contributed by atoms with E-state index in [0.717, 1.165) is 0 Å². The van der Waals surface area contributed by atoms with Crippen molar-refractivity contribution in [1.29, 1.82) is 0 Å². The fourth-order valence-corrected chi connectivity index (χ4v) is 1.43. The molecule has 6 heteroatoms. The van der Waals surface area contributed by atoms with Crippen molar-refractivity contribution < 1.29 is 18.3 Å². The number of hydrogen-bond acceptors (Lipinski definition) is 2. The monoisotopic (exact) mass is 298 g/mol. The number of rotatable bonds is 3. The van der Waals surface area contributed by atoms with E-state index in [1.165, 1.54) is 25.3 Å². The van der Waals surface area contributed by atoms with Gasteiger partial charge in [0.2, 0.25) is 5.78 Å². The minimum Gasteiger partial charge on any atom is -0.497 e. The highest BCUT2D eigenvalue weighted by Gasteiger charge is 2.36. The normalized spacial score (nSPS) is 11.3. The molecule has 0 saturated carbocycles. The van der Waals surface area contributed by atoms with Gasteiger partial charge in [-0.1, -0.05) is 11.6 Å². The van der Waals surface area contributed by atoms with Crippen LogP contribution in [0.25, 0.3) is 0 Å². The van der Waals surface area contributed by atoms with Crippen LogP contribution >= 0.6 is 27.5 Å². The summed E-state index contributed by atoms with van der Waals surface area (Å²) >= 11 is 7.63. The van der Waals surface area contributed by atoms with Gasteiger partial charge in [-0.2, -0.15) is 8.78 Å². The molecule has 82 valence electrons. The first-order chi connectivity index (χ1) is 6.86. The number of carbonyl (C=O) groups is 1. The number of halogens is 4. The zero-order valence-electron chi connectivity index (χ0n) is 7.56. The molecular formula is C9H6BrClF2O2. The first kappa shape index (κ1) is 12.4. The van der Waals surface area contributed by atoms with Crippen molar-refractivity contribution in [3.63, 3.8) is 0 Å². The second kappa shape index (κ2) is 4.45. The molecule has 0 aliphatic carbocycles. The average Bonchev–Trinajstić information content (AvgIpc) is 2.15. The quantitative estimate of drug-likeness (QED) is 0.630. The maximum absolute atomic E-state index is 12.6. The SMILES string of the molecule is COc1ccc(C(=O)C(F)(F)Br)c(Cl)c1. The second-order valence-corrected chi connectivity index (χ2v) is 4.08. The van der Waals surface area contributed by atoms with E-state index < -0.39 is 10.6 Å². The van der Waals surface area contributed by atoms with Gasteiger partial charge in [0.15, 0.2) is 0 Å². The molecule has 0 unspecified atom stereocenters. The average molecular weight is 299 g/mol. The van der Waals surface area contributed by atoms with Gasteiger partial charge in [0, 0.05) is 5.56 Å². The highest BCUT2D eigenvalue weighted by Crippen LogP contribution is 2.31. The van der Waals surface area contributed by atoms with Crippen LogP contribution in [0.2, 0.25) is 5.02 Å². The maximum atomic E-state index is 12.6. The minimum atomic E-state index is -3.61. The molecule has 0 spiro atoms. The summed E-state index contributed by atoms with van der Waals surface area (Å²) < 4.78 is 30.1. The molecule has 2 nitrogen and oxygen atoms in total. The Morgan fingerprint density at radius 3 is 2.53 bits per heavy atom. The zero-order valence-corrected chi connectivity index (χ0v) is 9.90. The number of ketones is 1. The lowest BCUT2D eigenvalue weighted by Gasteiger charge is -2.09. The Kier molecular flexibility index (Phi) is 3.67. The summed E-state index contributed by atoms with van der Waals surface area (Å²) in [5.74, 6) is -0.982. The van der Waals surface area contributed by atoms with Crippen LogP contribution in [0.3, 0.4) is 0 Å². The third kappa shape index (κ3) is 2.89. The number of alkyl halides is 3. The van der Waals surface area contributed by atoms with E-state index in [4.69, 9.17) is 16.3 Å². The molecule has 0 N–H and O–H groups in total. The van der Waals surface area contributed by atoms with Gasteiger partial charge in [-0.05, 0) is 34.1 Å². The number of carbonyl (C=O) groups excluding carboxylic acids is 1. The number of methoxy groups -OCH3 is 1. The largest absolute Gasteiger partial charge is 0.497 e. The number of hydrogen-bond donors (Lipinski definition) is 0. The van der Waals surface area contributed by atoms with Gasteiger partial charge in [-0.25, -0.2) is 0 Å². The number of ether oxygens (including phenoxy) is 1. The van der Waals surface area contributed by atoms with Crippen LogP contribution in [-0.4, -0.2) is 17.7 Å². The third-order valence-electron chi connectivity index (χ3n) is 1.68. The lowest BCUT2D eigenvalue weighted by Crippen LogP contribution is -2.21. The Labute approximate surface area is 98.3 Å². The highest BCUT2D eigenvalue weighted by atomic mass is 79.9. The molecule has 0 aromatic heterocycles. The van der Waals surface area contributed by atoms with Gasteiger partial charge >= 0.3 is 4.83 Å². The molecule has 0 radical (unpaired) electrons. The standard InChI is InChI=1S/C9H6BrClF2O2/c1-15-5-2-3-6(7(11)4-5)8(14)9(10,12)13/h2-4H,1H3. The summed E-state index contributed by atoms with van der Waals surface area (Å²) in [6.45, 7) is 0. The van der Waals surface area contributed by atoms with Crippen LogP contribution < -0.4 is 4.74 Å². The minimum absolute atomic E-state index is 0.0709. The maximum Gasteiger partial charge on any atom is 0.363 e. The van der Waals surface area contributed by atoms with E-state index in [1.807, 2.05) is 15.9 Å². The zero-order chi connectivity index (χ0) is 11.6. The summed E-state index contributed by atoms with van der Waals surface area (Å²) in [4.78, 5) is 7.56. The van der Waals surface area contributed by atoms with E-state index >= 15 is 0 Å². The van der Waals surface area contributed by atoms with E-state index in [2.05, 4.69) is 0 Å². The first-order valence-corrected chi connectivity index (χ1v) is 4.98. The molecule has 1 aromatic carbocycles. The van der Waals surface area contributed by atoms with Crippen LogP contribution in [0.5, 0.6) is 5.75 Å². The van der Waals surface area contributed by atoms with Crippen LogP contribution in [0.15, 0.2) is 18.2 Å². The van der Waals surface area contributed by atoms with Crippen molar-refractivity contribution in [2.24, 2.45) is 0 Å². The fraction of sp³-hybridized carbons (Fsp3) is 0.222. The van der Waals surface area contributed by atoms with Crippen LogP contribution in [0.1, 0.15) is 10.4 Å². The van der Waals surface area contributed by atoms with Gasteiger partial charge in [0.25, 0.3) is 0 Å². The molecule has 0 atom stereocenters. The Balaban J connectivity index is 3.12. The third-order valence-corrected chi connectivity index (χ3v) is 2.35. The van der Waals surface area contributed by atoms with E-state index in [1.54, 1.807) is 0 Å². The molecule has 0 fully saturated rings. The van der Waals surface area contributed by atoms with Gasteiger partial charge in [-0.3, -0.25) is 4.79 Å². The van der Waals surface area contributed by atoms with Gasteiger partial charge < -0.3 is 4.74 Å². The van der Waals surface area contributed by atoms with Crippen molar-refractivity contribution in [2.45, 2.75) is 4.83 Å². The summed E-state index contributed by atoms with van der Waals surface area (Å²) in [7, 11) is 1.41. The van der Waals surface area contributed by atoms with Crippen LogP contribution in [0.4, 0.5) is 8.78 Å². The van der Waals surface area contributed by atoms with E-state index in [0.29, 0.717) is 5.75 Å². The van der Waals surface area contributed by atoms with Crippen molar-refractivity contribution in [2.75, 3.05) is 7.11 Å². The molecule has 0 saturated heterocycles. The van der Waals surface area contributed by atoms with Crippen LogP contribution in [0, 0.1) is 0 Å². The Bertz CT molecular complexity index is 390.